The Hall–Kier alpha value is -0.410. The molecule has 0 N–H and O–H groups in total. The summed E-state index contributed by atoms with van der Waals surface area (Å²) in [4.78, 5) is 0. The van der Waals surface area contributed by atoms with Crippen LogP contribution < -0.4 is 9.47 Å². The van der Waals surface area contributed by atoms with Crippen molar-refractivity contribution in [1.29, 1.82) is 0 Å². The highest BCUT2D eigenvalue weighted by molar-refractivity contribution is 9.10. The lowest BCUT2D eigenvalue weighted by Crippen LogP contribution is -1.97. The first kappa shape index (κ1) is 11.7. The first-order chi connectivity index (χ1) is 6.65. The molecule has 0 unspecified atom stereocenters. The largest absolute Gasteiger partial charge is 0.492 e. The van der Waals surface area contributed by atoms with Crippen molar-refractivity contribution in [2.24, 2.45) is 0 Å². The summed E-state index contributed by atoms with van der Waals surface area (Å²) < 4.78 is 11.4. The quantitative estimate of drug-likeness (QED) is 0.840. The maximum absolute atomic E-state index is 6.01. The number of hydrogen-bond donors (Lipinski definition) is 0. The summed E-state index contributed by atoms with van der Waals surface area (Å²) in [7, 11) is 3.19. The van der Waals surface area contributed by atoms with Crippen molar-refractivity contribution < 1.29 is 9.47 Å². The van der Waals surface area contributed by atoms with Crippen molar-refractivity contribution in [3.63, 3.8) is 0 Å². The lowest BCUT2D eigenvalue weighted by molar-refractivity contribution is 0.352. The molecule has 0 atom stereocenters. The van der Waals surface area contributed by atoms with Gasteiger partial charge < -0.3 is 9.47 Å². The van der Waals surface area contributed by atoms with Crippen LogP contribution in [-0.4, -0.2) is 14.2 Å². The molecule has 0 saturated carbocycles. The molecule has 0 aliphatic heterocycles. The van der Waals surface area contributed by atoms with Crippen LogP contribution in [0.4, 0.5) is 0 Å². The number of halogens is 2. The van der Waals surface area contributed by atoms with E-state index >= 15 is 0 Å². The number of hydrogen-bond acceptors (Lipinski definition) is 2. The zero-order chi connectivity index (χ0) is 10.7. The first-order valence-corrected chi connectivity index (χ1v) is 5.41. The van der Waals surface area contributed by atoms with E-state index in [1.54, 1.807) is 14.2 Å². The molecule has 0 aromatic heterocycles. The lowest BCUT2D eigenvalue weighted by Gasteiger charge is -2.14. The molecule has 0 aliphatic carbocycles. The summed E-state index contributed by atoms with van der Waals surface area (Å²) >= 11 is 9.45. The summed E-state index contributed by atoms with van der Waals surface area (Å²) in [5.74, 6) is 1.29. The summed E-state index contributed by atoms with van der Waals surface area (Å²) in [5, 5.41) is 0.549. The monoisotopic (exact) mass is 278 g/mol. The molecule has 78 valence electrons. The van der Waals surface area contributed by atoms with E-state index in [0.29, 0.717) is 16.5 Å². The summed E-state index contributed by atoms with van der Waals surface area (Å²) in [5.41, 5.74) is 1.06. The van der Waals surface area contributed by atoms with Crippen molar-refractivity contribution >= 4 is 27.5 Å². The van der Waals surface area contributed by atoms with Gasteiger partial charge in [-0.3, -0.25) is 0 Å². The maximum atomic E-state index is 6.01. The number of methoxy groups -OCH3 is 2. The van der Waals surface area contributed by atoms with Crippen LogP contribution in [0.15, 0.2) is 10.5 Å². The van der Waals surface area contributed by atoms with Crippen LogP contribution in [0.3, 0.4) is 0 Å². The molecule has 2 nitrogen and oxygen atoms in total. The van der Waals surface area contributed by atoms with Crippen LogP contribution in [-0.2, 0) is 6.42 Å². The molecule has 0 spiro atoms. The SMILES string of the molecule is CCc1c(Br)cc(Cl)c(OC)c1OC. The van der Waals surface area contributed by atoms with Crippen LogP contribution >= 0.6 is 27.5 Å². The normalized spacial score (nSPS) is 10.1. The third-order valence-electron chi connectivity index (χ3n) is 2.00. The van der Waals surface area contributed by atoms with Gasteiger partial charge in [0.25, 0.3) is 0 Å². The van der Waals surface area contributed by atoms with Gasteiger partial charge in [0.05, 0.1) is 19.2 Å². The zero-order valence-corrected chi connectivity index (χ0v) is 10.7. The average Bonchev–Trinajstić information content (AvgIpc) is 2.16. The van der Waals surface area contributed by atoms with Gasteiger partial charge in [-0.1, -0.05) is 34.5 Å². The molecule has 14 heavy (non-hydrogen) atoms. The second kappa shape index (κ2) is 4.89. The lowest BCUT2D eigenvalue weighted by atomic mass is 10.1. The third kappa shape index (κ3) is 1.98. The molecule has 0 heterocycles. The molecule has 0 radical (unpaired) electrons. The van der Waals surface area contributed by atoms with Gasteiger partial charge >= 0.3 is 0 Å². The van der Waals surface area contributed by atoms with Crippen LogP contribution in [0, 0.1) is 0 Å². The van der Waals surface area contributed by atoms with E-state index < -0.39 is 0 Å². The first-order valence-electron chi connectivity index (χ1n) is 4.24. The summed E-state index contributed by atoms with van der Waals surface area (Å²) in [6.07, 6.45) is 0.858. The van der Waals surface area contributed by atoms with E-state index in [9.17, 15) is 0 Å². The molecule has 0 aliphatic rings. The molecule has 1 aromatic carbocycles. The smallest absolute Gasteiger partial charge is 0.179 e. The standard InChI is InChI=1S/C10H12BrClO2/c1-4-6-7(11)5-8(12)10(14-3)9(6)13-2/h5H,4H2,1-3H3. The fourth-order valence-corrected chi connectivity index (χ4v) is 2.45. The Morgan fingerprint density at radius 3 is 2.29 bits per heavy atom. The van der Waals surface area contributed by atoms with Gasteiger partial charge in [0.1, 0.15) is 0 Å². The van der Waals surface area contributed by atoms with Crippen LogP contribution in [0.5, 0.6) is 11.5 Å². The molecule has 0 amide bonds. The van der Waals surface area contributed by atoms with Crippen LogP contribution in [0.25, 0.3) is 0 Å². The average molecular weight is 280 g/mol. The number of ether oxygens (including phenoxy) is 2. The van der Waals surface area contributed by atoms with Gasteiger partial charge in [-0.2, -0.15) is 0 Å². The van der Waals surface area contributed by atoms with Gasteiger partial charge in [-0.15, -0.1) is 0 Å². The minimum absolute atomic E-state index is 0.549. The Balaban J connectivity index is 3.43. The van der Waals surface area contributed by atoms with Crippen molar-refractivity contribution in [2.45, 2.75) is 13.3 Å². The molecular weight excluding hydrogens is 267 g/mol. The Morgan fingerprint density at radius 1 is 1.29 bits per heavy atom. The highest BCUT2D eigenvalue weighted by Gasteiger charge is 2.16. The predicted molar refractivity (Wildman–Crippen MR) is 61.6 cm³/mol. The van der Waals surface area contributed by atoms with Gasteiger partial charge in [-0.05, 0) is 12.5 Å². The molecule has 4 heteroatoms. The summed E-state index contributed by atoms with van der Waals surface area (Å²) in [6.45, 7) is 2.05. The van der Waals surface area contributed by atoms with Crippen molar-refractivity contribution in [3.8, 4) is 11.5 Å². The third-order valence-corrected chi connectivity index (χ3v) is 2.99. The van der Waals surface area contributed by atoms with Crippen LogP contribution in [0.1, 0.15) is 12.5 Å². The Morgan fingerprint density at radius 2 is 1.86 bits per heavy atom. The molecule has 0 saturated heterocycles. The van der Waals surface area contributed by atoms with E-state index in [4.69, 9.17) is 21.1 Å². The van der Waals surface area contributed by atoms with Gasteiger partial charge in [0.2, 0.25) is 0 Å². The Bertz CT molecular complexity index is 311. The van der Waals surface area contributed by atoms with E-state index in [1.165, 1.54) is 0 Å². The molecule has 1 aromatic rings. The second-order valence-electron chi connectivity index (χ2n) is 2.74. The molecular formula is C10H12BrClO2. The minimum Gasteiger partial charge on any atom is -0.492 e. The molecule has 1 rings (SSSR count). The van der Waals surface area contributed by atoms with Crippen LogP contribution in [0.2, 0.25) is 5.02 Å². The van der Waals surface area contributed by atoms with E-state index in [-0.39, 0.29) is 0 Å². The molecule has 0 bridgehead atoms. The minimum atomic E-state index is 0.549. The maximum Gasteiger partial charge on any atom is 0.179 e. The highest BCUT2D eigenvalue weighted by Crippen LogP contribution is 2.42. The van der Waals surface area contributed by atoms with Gasteiger partial charge in [0, 0.05) is 10.0 Å². The number of benzene rings is 1. The van der Waals surface area contributed by atoms with Crippen molar-refractivity contribution in [1.82, 2.24) is 0 Å². The zero-order valence-electron chi connectivity index (χ0n) is 8.36. The predicted octanol–water partition coefficient (Wildman–Crippen LogP) is 3.68. The molecule has 0 fully saturated rings. The van der Waals surface area contributed by atoms with Gasteiger partial charge in [-0.25, -0.2) is 0 Å². The Labute approximate surface area is 97.3 Å². The fraction of sp³-hybridized carbons (Fsp3) is 0.400. The van der Waals surface area contributed by atoms with E-state index in [1.807, 2.05) is 6.07 Å². The van der Waals surface area contributed by atoms with Gasteiger partial charge in [0.15, 0.2) is 11.5 Å². The van der Waals surface area contributed by atoms with Crippen molar-refractivity contribution in [2.75, 3.05) is 14.2 Å². The second-order valence-corrected chi connectivity index (χ2v) is 4.00. The van der Waals surface area contributed by atoms with E-state index in [0.717, 1.165) is 16.5 Å². The van der Waals surface area contributed by atoms with E-state index in [2.05, 4.69) is 22.9 Å². The Kier molecular flexibility index (Phi) is 4.08. The highest BCUT2D eigenvalue weighted by atomic mass is 79.9. The summed E-state index contributed by atoms with van der Waals surface area (Å²) in [6, 6.07) is 1.82. The topological polar surface area (TPSA) is 18.5 Å². The fourth-order valence-electron chi connectivity index (χ4n) is 1.35. The number of rotatable bonds is 3. The van der Waals surface area contributed by atoms with Crippen molar-refractivity contribution in [3.05, 3.63) is 21.1 Å².